The molecule has 100 valence electrons. The Morgan fingerprint density at radius 2 is 2.16 bits per heavy atom. The van der Waals surface area contributed by atoms with Crippen molar-refractivity contribution < 1.29 is 4.79 Å². The average molecular weight is 276 g/mol. The fourth-order valence-corrected chi connectivity index (χ4v) is 2.29. The van der Waals surface area contributed by atoms with Crippen molar-refractivity contribution in [1.29, 1.82) is 0 Å². The van der Waals surface area contributed by atoms with Gasteiger partial charge in [0.1, 0.15) is 10.7 Å². The molecule has 0 saturated heterocycles. The number of thiazole rings is 1. The van der Waals surface area contributed by atoms with E-state index in [0.29, 0.717) is 12.2 Å². The van der Waals surface area contributed by atoms with E-state index in [2.05, 4.69) is 20.6 Å². The number of nitrogens with zero attached hydrogens (tertiary/aromatic N) is 2. The number of amides is 1. The molecule has 0 aliphatic carbocycles. The number of anilines is 1. The van der Waals surface area contributed by atoms with Gasteiger partial charge in [0.25, 0.3) is 5.91 Å². The number of hydrogen-bond acceptors (Lipinski definition) is 5. The number of carbonyl (C=O) groups excluding carboxylic acids is 1. The first-order valence-electron chi connectivity index (χ1n) is 6.08. The molecule has 0 radical (unpaired) electrons. The zero-order valence-electron chi connectivity index (χ0n) is 10.9. The maximum absolute atomic E-state index is 11.9. The van der Waals surface area contributed by atoms with E-state index in [9.17, 15) is 4.79 Å². The molecule has 5 nitrogen and oxygen atoms in total. The molecule has 2 aromatic heterocycles. The lowest BCUT2D eigenvalue weighted by Crippen LogP contribution is -2.23. The second-order valence-corrected chi connectivity index (χ2v) is 5.33. The third-order valence-corrected chi connectivity index (χ3v) is 3.36. The van der Waals surface area contributed by atoms with Crippen molar-refractivity contribution >= 4 is 22.9 Å². The Kier molecular flexibility index (Phi) is 4.46. The average Bonchev–Trinajstić information content (AvgIpc) is 2.83. The van der Waals surface area contributed by atoms with Crippen LogP contribution < -0.4 is 10.6 Å². The molecule has 0 spiro atoms. The summed E-state index contributed by atoms with van der Waals surface area (Å²) in [6.45, 7) is 5.27. The molecule has 0 bridgehead atoms. The van der Waals surface area contributed by atoms with E-state index >= 15 is 0 Å². The Labute approximate surface area is 116 Å². The van der Waals surface area contributed by atoms with Crippen molar-refractivity contribution in [1.82, 2.24) is 15.3 Å². The van der Waals surface area contributed by atoms with E-state index in [4.69, 9.17) is 0 Å². The Hall–Kier alpha value is -1.95. The van der Waals surface area contributed by atoms with Crippen molar-refractivity contribution in [3.8, 4) is 0 Å². The highest BCUT2D eigenvalue weighted by Gasteiger charge is 2.07. The molecular formula is C13H16N4OS. The van der Waals surface area contributed by atoms with E-state index in [1.54, 1.807) is 29.8 Å². The van der Waals surface area contributed by atoms with Crippen molar-refractivity contribution in [2.75, 3.05) is 11.9 Å². The molecule has 0 saturated carbocycles. The highest BCUT2D eigenvalue weighted by Crippen LogP contribution is 2.11. The lowest BCUT2D eigenvalue weighted by molar-refractivity contribution is 0.0946. The maximum Gasteiger partial charge on any atom is 0.270 e. The van der Waals surface area contributed by atoms with Crippen LogP contribution >= 0.6 is 11.3 Å². The summed E-state index contributed by atoms with van der Waals surface area (Å²) in [5.74, 6) is -0.184. The van der Waals surface area contributed by atoms with Gasteiger partial charge in [0.15, 0.2) is 0 Å². The molecule has 0 unspecified atom stereocenters. The summed E-state index contributed by atoms with van der Waals surface area (Å²) in [5, 5.41) is 6.84. The minimum Gasteiger partial charge on any atom is -0.384 e. The van der Waals surface area contributed by atoms with E-state index in [-0.39, 0.29) is 5.91 Å². The van der Waals surface area contributed by atoms with Gasteiger partial charge in [-0.2, -0.15) is 0 Å². The maximum atomic E-state index is 11.9. The molecule has 19 heavy (non-hydrogen) atoms. The van der Waals surface area contributed by atoms with Crippen LogP contribution in [0.3, 0.4) is 0 Å². The van der Waals surface area contributed by atoms with Crippen molar-refractivity contribution in [3.05, 3.63) is 40.1 Å². The van der Waals surface area contributed by atoms with Crippen molar-refractivity contribution in [2.24, 2.45) is 0 Å². The molecule has 0 atom stereocenters. The Balaban J connectivity index is 1.92. The van der Waals surface area contributed by atoms with Gasteiger partial charge in [-0.3, -0.25) is 4.79 Å². The smallest absolute Gasteiger partial charge is 0.270 e. The van der Waals surface area contributed by atoms with Crippen LogP contribution in [0.4, 0.5) is 5.69 Å². The third kappa shape index (κ3) is 3.75. The number of pyridine rings is 1. The number of nitrogens with one attached hydrogen (secondary N) is 2. The van der Waals surface area contributed by atoms with Gasteiger partial charge in [-0.15, -0.1) is 11.3 Å². The molecule has 6 heteroatoms. The molecule has 2 aromatic rings. The second-order valence-electron chi connectivity index (χ2n) is 4.01. The van der Waals surface area contributed by atoms with E-state index in [0.717, 1.165) is 22.1 Å². The summed E-state index contributed by atoms with van der Waals surface area (Å²) < 4.78 is 0. The first kappa shape index (κ1) is 13.5. The quantitative estimate of drug-likeness (QED) is 0.878. The van der Waals surface area contributed by atoms with Crippen LogP contribution in [0.1, 0.15) is 27.3 Å². The number of rotatable bonds is 5. The molecule has 0 fully saturated rings. The SMILES string of the molecule is CCNc1ccc(C(=O)NCc2ncc(C)s2)nc1. The zero-order chi connectivity index (χ0) is 13.7. The number of hydrogen-bond donors (Lipinski definition) is 2. The van der Waals surface area contributed by atoms with Crippen molar-refractivity contribution in [3.63, 3.8) is 0 Å². The van der Waals surface area contributed by atoms with E-state index < -0.39 is 0 Å². The number of carbonyl (C=O) groups is 1. The van der Waals surface area contributed by atoms with Crippen LogP contribution in [0.15, 0.2) is 24.5 Å². The third-order valence-electron chi connectivity index (χ3n) is 2.45. The second kappa shape index (κ2) is 6.29. The predicted molar refractivity (Wildman–Crippen MR) is 76.4 cm³/mol. The molecule has 0 aliphatic rings. The molecule has 0 aromatic carbocycles. The van der Waals surface area contributed by atoms with Crippen molar-refractivity contribution in [2.45, 2.75) is 20.4 Å². The Morgan fingerprint density at radius 1 is 1.32 bits per heavy atom. The molecule has 2 N–H and O–H groups in total. The van der Waals surface area contributed by atoms with Crippen LogP contribution in [-0.2, 0) is 6.54 Å². The topological polar surface area (TPSA) is 66.9 Å². The summed E-state index contributed by atoms with van der Waals surface area (Å²) in [5.41, 5.74) is 1.32. The summed E-state index contributed by atoms with van der Waals surface area (Å²) >= 11 is 1.58. The van der Waals surface area contributed by atoms with Gasteiger partial charge in [-0.25, -0.2) is 9.97 Å². The van der Waals surface area contributed by atoms with E-state index in [1.165, 1.54) is 0 Å². The highest BCUT2D eigenvalue weighted by molar-refractivity contribution is 7.11. The monoisotopic (exact) mass is 276 g/mol. The van der Waals surface area contributed by atoms with Crippen LogP contribution in [0, 0.1) is 6.92 Å². The van der Waals surface area contributed by atoms with Crippen LogP contribution in [-0.4, -0.2) is 22.4 Å². The van der Waals surface area contributed by atoms with Gasteiger partial charge >= 0.3 is 0 Å². The lowest BCUT2D eigenvalue weighted by Gasteiger charge is -2.05. The number of aromatic nitrogens is 2. The predicted octanol–water partition coefficient (Wildman–Crippen LogP) is 2.21. The number of aryl methyl sites for hydroxylation is 1. The van der Waals surface area contributed by atoms with Gasteiger partial charge in [-0.05, 0) is 26.0 Å². The lowest BCUT2D eigenvalue weighted by atomic mass is 10.3. The van der Waals surface area contributed by atoms with Crippen LogP contribution in [0.25, 0.3) is 0 Å². The molecule has 0 aliphatic heterocycles. The summed E-state index contributed by atoms with van der Waals surface area (Å²) in [7, 11) is 0. The first-order chi connectivity index (χ1) is 9.19. The summed E-state index contributed by atoms with van der Waals surface area (Å²) in [6.07, 6.45) is 3.46. The zero-order valence-corrected chi connectivity index (χ0v) is 11.8. The fourth-order valence-electron chi connectivity index (χ4n) is 1.57. The first-order valence-corrected chi connectivity index (χ1v) is 6.90. The minimum atomic E-state index is -0.184. The molecule has 2 heterocycles. The Bertz CT molecular complexity index is 550. The fraction of sp³-hybridized carbons (Fsp3) is 0.308. The van der Waals surface area contributed by atoms with Gasteiger partial charge in [0, 0.05) is 17.6 Å². The Morgan fingerprint density at radius 3 is 2.74 bits per heavy atom. The molecule has 2 rings (SSSR count). The molecule has 1 amide bonds. The highest BCUT2D eigenvalue weighted by atomic mass is 32.1. The van der Waals surface area contributed by atoms with E-state index in [1.807, 2.05) is 19.9 Å². The van der Waals surface area contributed by atoms with Gasteiger partial charge in [-0.1, -0.05) is 0 Å². The standard InChI is InChI=1S/C13H16N4OS/c1-3-14-10-4-5-11(15-7-10)13(18)17-8-12-16-6-9(2)19-12/h4-7,14H,3,8H2,1-2H3,(H,17,18). The largest absolute Gasteiger partial charge is 0.384 e. The normalized spacial score (nSPS) is 10.2. The molecular weight excluding hydrogens is 260 g/mol. The van der Waals surface area contributed by atoms with Gasteiger partial charge in [0.05, 0.1) is 18.4 Å². The van der Waals surface area contributed by atoms with Crippen LogP contribution in [0.5, 0.6) is 0 Å². The minimum absolute atomic E-state index is 0.184. The van der Waals surface area contributed by atoms with Gasteiger partial charge in [0.2, 0.25) is 0 Å². The summed E-state index contributed by atoms with van der Waals surface area (Å²) in [6, 6.07) is 3.55. The van der Waals surface area contributed by atoms with Crippen LogP contribution in [0.2, 0.25) is 0 Å². The summed E-state index contributed by atoms with van der Waals surface area (Å²) in [4.78, 5) is 21.3. The van der Waals surface area contributed by atoms with Gasteiger partial charge < -0.3 is 10.6 Å².